The summed E-state index contributed by atoms with van der Waals surface area (Å²) in [5.41, 5.74) is 7.16. The molecular weight excluding hydrogens is 242 g/mol. The first kappa shape index (κ1) is 13.4. The fraction of sp³-hybridized carbons (Fsp3) is 0.429. The second-order valence-corrected chi connectivity index (χ2v) is 5.01. The number of carbonyl (C=O) groups is 2. The number of benzene rings is 1. The third-order valence-electron chi connectivity index (χ3n) is 3.06. The highest BCUT2D eigenvalue weighted by molar-refractivity contribution is 5.86. The Morgan fingerprint density at radius 3 is 2.79 bits per heavy atom. The van der Waals surface area contributed by atoms with Gasteiger partial charge in [0.1, 0.15) is 0 Å². The molecule has 0 bridgehead atoms. The third-order valence-corrected chi connectivity index (χ3v) is 3.06. The number of nitrogens with zero attached hydrogens (tertiary/aromatic N) is 1. The van der Waals surface area contributed by atoms with E-state index in [2.05, 4.69) is 5.32 Å². The number of amides is 2. The van der Waals surface area contributed by atoms with Crippen LogP contribution in [0.15, 0.2) is 24.3 Å². The van der Waals surface area contributed by atoms with Gasteiger partial charge in [0.2, 0.25) is 11.8 Å². The van der Waals surface area contributed by atoms with Crippen molar-refractivity contribution in [2.45, 2.75) is 25.3 Å². The number of anilines is 1. The van der Waals surface area contributed by atoms with Crippen molar-refractivity contribution in [3.05, 3.63) is 29.8 Å². The molecular formula is C14H19N3O2. The molecule has 0 atom stereocenters. The monoisotopic (exact) mass is 261 g/mol. The molecule has 0 saturated heterocycles. The summed E-state index contributed by atoms with van der Waals surface area (Å²) in [6, 6.07) is 7.55. The molecule has 19 heavy (non-hydrogen) atoms. The minimum absolute atomic E-state index is 0.0865. The number of likely N-dealkylation sites (N-methyl/N-ethyl adjacent to an activating group) is 1. The Labute approximate surface area is 112 Å². The molecule has 1 fully saturated rings. The lowest BCUT2D eigenvalue weighted by Gasteiger charge is -2.16. The maximum Gasteiger partial charge on any atom is 0.239 e. The van der Waals surface area contributed by atoms with Gasteiger partial charge in [-0.3, -0.25) is 9.59 Å². The summed E-state index contributed by atoms with van der Waals surface area (Å²) < 4.78 is 0. The zero-order valence-corrected chi connectivity index (χ0v) is 11.1. The standard InChI is InChI=1S/C14H19N3O2/c1-17(9-13(18)16-12-5-6-12)14(19)8-10-3-2-4-11(15)7-10/h2-4,7,12H,5-6,8-9,15H2,1H3,(H,16,18). The summed E-state index contributed by atoms with van der Waals surface area (Å²) in [7, 11) is 1.64. The van der Waals surface area contributed by atoms with Crippen molar-refractivity contribution in [3.63, 3.8) is 0 Å². The van der Waals surface area contributed by atoms with E-state index < -0.39 is 0 Å². The van der Waals surface area contributed by atoms with Gasteiger partial charge in [0.25, 0.3) is 0 Å². The molecule has 1 aromatic carbocycles. The molecule has 0 heterocycles. The fourth-order valence-corrected chi connectivity index (χ4v) is 1.82. The normalized spacial score (nSPS) is 13.9. The third kappa shape index (κ3) is 4.28. The maximum atomic E-state index is 12.0. The lowest BCUT2D eigenvalue weighted by Crippen LogP contribution is -2.39. The summed E-state index contributed by atoms with van der Waals surface area (Å²) in [4.78, 5) is 25.0. The number of nitrogens with two attached hydrogens (primary N) is 1. The van der Waals surface area contributed by atoms with Crippen LogP contribution < -0.4 is 11.1 Å². The molecule has 5 nitrogen and oxygen atoms in total. The highest BCUT2D eigenvalue weighted by atomic mass is 16.2. The van der Waals surface area contributed by atoms with Gasteiger partial charge in [-0.25, -0.2) is 0 Å². The first-order valence-corrected chi connectivity index (χ1v) is 6.42. The number of carbonyl (C=O) groups excluding carboxylic acids is 2. The molecule has 2 rings (SSSR count). The summed E-state index contributed by atoms with van der Waals surface area (Å²) in [5.74, 6) is -0.178. The largest absolute Gasteiger partial charge is 0.399 e. The molecule has 0 aromatic heterocycles. The van der Waals surface area contributed by atoms with Gasteiger partial charge >= 0.3 is 0 Å². The Morgan fingerprint density at radius 2 is 2.16 bits per heavy atom. The molecule has 0 radical (unpaired) electrons. The Kier molecular flexibility index (Phi) is 4.04. The lowest BCUT2D eigenvalue weighted by atomic mass is 10.1. The zero-order chi connectivity index (χ0) is 13.8. The van der Waals surface area contributed by atoms with E-state index in [1.807, 2.05) is 12.1 Å². The molecule has 0 aliphatic heterocycles. The molecule has 5 heteroatoms. The molecule has 1 aliphatic rings. The second kappa shape index (κ2) is 5.73. The summed E-state index contributed by atoms with van der Waals surface area (Å²) in [6.45, 7) is 0.109. The highest BCUT2D eigenvalue weighted by Gasteiger charge is 2.24. The molecule has 0 unspecified atom stereocenters. The van der Waals surface area contributed by atoms with Crippen LogP contribution in [-0.2, 0) is 16.0 Å². The second-order valence-electron chi connectivity index (χ2n) is 5.01. The maximum absolute atomic E-state index is 12.0. The van der Waals surface area contributed by atoms with Crippen LogP contribution in [0.2, 0.25) is 0 Å². The first-order valence-electron chi connectivity index (χ1n) is 6.42. The van der Waals surface area contributed by atoms with Gasteiger partial charge in [-0.05, 0) is 30.5 Å². The number of hydrogen-bond acceptors (Lipinski definition) is 3. The van der Waals surface area contributed by atoms with E-state index in [1.54, 1.807) is 19.2 Å². The number of hydrogen-bond donors (Lipinski definition) is 2. The predicted octanol–water partition coefficient (Wildman–Crippen LogP) is 0.548. The minimum Gasteiger partial charge on any atom is -0.399 e. The molecule has 1 aromatic rings. The summed E-state index contributed by atoms with van der Waals surface area (Å²) >= 11 is 0. The van der Waals surface area contributed by atoms with Gasteiger partial charge in [0, 0.05) is 18.8 Å². The summed E-state index contributed by atoms with van der Waals surface area (Å²) in [6.07, 6.45) is 2.36. The van der Waals surface area contributed by atoms with Gasteiger partial charge in [-0.15, -0.1) is 0 Å². The van der Waals surface area contributed by atoms with E-state index in [0.29, 0.717) is 11.7 Å². The minimum atomic E-state index is -0.0917. The highest BCUT2D eigenvalue weighted by Crippen LogP contribution is 2.18. The first-order chi connectivity index (χ1) is 9.04. The zero-order valence-electron chi connectivity index (χ0n) is 11.1. The van der Waals surface area contributed by atoms with E-state index in [1.165, 1.54) is 4.90 Å². The predicted molar refractivity (Wildman–Crippen MR) is 73.4 cm³/mol. The fourth-order valence-electron chi connectivity index (χ4n) is 1.82. The van der Waals surface area contributed by atoms with E-state index in [9.17, 15) is 9.59 Å². The van der Waals surface area contributed by atoms with Gasteiger partial charge in [-0.2, -0.15) is 0 Å². The molecule has 1 saturated carbocycles. The topological polar surface area (TPSA) is 75.4 Å². The Morgan fingerprint density at radius 1 is 1.42 bits per heavy atom. The van der Waals surface area contributed by atoms with Crippen molar-refractivity contribution in [2.24, 2.45) is 0 Å². The number of rotatable bonds is 5. The average Bonchev–Trinajstić information content (AvgIpc) is 3.12. The Balaban J connectivity index is 1.82. The van der Waals surface area contributed by atoms with Crippen molar-refractivity contribution in [2.75, 3.05) is 19.3 Å². The molecule has 0 spiro atoms. The van der Waals surface area contributed by atoms with Crippen LogP contribution in [0.5, 0.6) is 0 Å². The van der Waals surface area contributed by atoms with Crippen molar-refractivity contribution in [3.8, 4) is 0 Å². The van der Waals surface area contributed by atoms with Crippen molar-refractivity contribution < 1.29 is 9.59 Å². The van der Waals surface area contributed by atoms with Crippen LogP contribution >= 0.6 is 0 Å². The van der Waals surface area contributed by atoms with E-state index in [0.717, 1.165) is 18.4 Å². The van der Waals surface area contributed by atoms with Crippen molar-refractivity contribution in [1.82, 2.24) is 10.2 Å². The molecule has 102 valence electrons. The van der Waals surface area contributed by atoms with Gasteiger partial charge in [0.05, 0.1) is 13.0 Å². The van der Waals surface area contributed by atoms with Gasteiger partial charge < -0.3 is 16.0 Å². The Hall–Kier alpha value is -2.04. The number of nitrogens with one attached hydrogen (secondary N) is 1. The molecule has 1 aliphatic carbocycles. The van der Waals surface area contributed by atoms with Crippen LogP contribution in [0.25, 0.3) is 0 Å². The smallest absolute Gasteiger partial charge is 0.239 e. The van der Waals surface area contributed by atoms with Crippen LogP contribution in [0, 0.1) is 0 Å². The molecule has 3 N–H and O–H groups in total. The van der Waals surface area contributed by atoms with E-state index in [-0.39, 0.29) is 24.8 Å². The van der Waals surface area contributed by atoms with Crippen LogP contribution in [0.4, 0.5) is 5.69 Å². The van der Waals surface area contributed by atoms with E-state index in [4.69, 9.17) is 5.73 Å². The SMILES string of the molecule is CN(CC(=O)NC1CC1)C(=O)Cc1cccc(N)c1. The Bertz CT molecular complexity index is 483. The van der Waals surface area contributed by atoms with E-state index >= 15 is 0 Å². The van der Waals surface area contributed by atoms with Crippen molar-refractivity contribution in [1.29, 1.82) is 0 Å². The van der Waals surface area contributed by atoms with Gasteiger partial charge in [-0.1, -0.05) is 12.1 Å². The lowest BCUT2D eigenvalue weighted by molar-refractivity contribution is -0.134. The summed E-state index contributed by atoms with van der Waals surface area (Å²) in [5, 5.41) is 2.86. The van der Waals surface area contributed by atoms with Crippen molar-refractivity contribution >= 4 is 17.5 Å². The van der Waals surface area contributed by atoms with Crippen LogP contribution in [0.1, 0.15) is 18.4 Å². The van der Waals surface area contributed by atoms with Crippen LogP contribution in [0.3, 0.4) is 0 Å². The van der Waals surface area contributed by atoms with Gasteiger partial charge in [0.15, 0.2) is 0 Å². The van der Waals surface area contributed by atoms with Crippen LogP contribution in [-0.4, -0.2) is 36.3 Å². The molecule has 2 amide bonds. The average molecular weight is 261 g/mol. The quantitative estimate of drug-likeness (QED) is 0.760. The number of nitrogen functional groups attached to an aromatic ring is 1.